The molecule has 1 aliphatic rings. The van der Waals surface area contributed by atoms with Crippen LogP contribution in [0.5, 0.6) is 5.75 Å². The van der Waals surface area contributed by atoms with Crippen molar-refractivity contribution in [1.29, 1.82) is 0 Å². The highest BCUT2D eigenvalue weighted by molar-refractivity contribution is 7.88. The summed E-state index contributed by atoms with van der Waals surface area (Å²) in [5.41, 5.74) is -5.06. The highest BCUT2D eigenvalue weighted by atomic mass is 32.2. The number of nitroso groups, excluding NO2 is 1. The molecule has 12 heteroatoms. The maximum atomic E-state index is 12.8. The molecule has 0 saturated heterocycles. The summed E-state index contributed by atoms with van der Waals surface area (Å²) in [4.78, 5) is 25.1. The van der Waals surface area contributed by atoms with Crippen LogP contribution < -0.4 is 9.19 Å². The Morgan fingerprint density at radius 1 is 1.17 bits per heavy atom. The minimum atomic E-state index is -5.89. The van der Waals surface area contributed by atoms with Gasteiger partial charge in [-0.15, -0.1) is 0 Å². The molecule has 0 bridgehead atoms. The van der Waals surface area contributed by atoms with Crippen LogP contribution >= 0.6 is 0 Å². The summed E-state index contributed by atoms with van der Waals surface area (Å²) >= 11 is 0. The number of carbonyl (C=O) groups is 1. The topological polar surface area (TPSA) is 93.0 Å². The van der Waals surface area contributed by atoms with Crippen LogP contribution in [0.15, 0.2) is 48.5 Å². The fraction of sp³-hybridized carbons (Fsp3) is 0.235. The lowest BCUT2D eigenvalue weighted by molar-refractivity contribution is -0.473. The number of rotatable bonds is 5. The van der Waals surface area contributed by atoms with Gasteiger partial charge in [-0.05, 0) is 24.3 Å². The molecule has 0 amide bonds. The molecule has 0 spiro atoms. The zero-order valence-corrected chi connectivity index (χ0v) is 15.6. The van der Waals surface area contributed by atoms with E-state index in [9.17, 15) is 31.3 Å². The van der Waals surface area contributed by atoms with Crippen molar-refractivity contribution in [3.8, 4) is 5.75 Å². The second-order valence-electron chi connectivity index (χ2n) is 5.95. The van der Waals surface area contributed by atoms with E-state index in [2.05, 4.69) is 8.92 Å². The van der Waals surface area contributed by atoms with Gasteiger partial charge in [0.2, 0.25) is 0 Å². The highest BCUT2D eigenvalue weighted by Gasteiger charge is 2.50. The summed E-state index contributed by atoms with van der Waals surface area (Å²) < 4.78 is 69.1. The van der Waals surface area contributed by atoms with Crippen LogP contribution in [0.2, 0.25) is 0 Å². The van der Waals surface area contributed by atoms with Gasteiger partial charge in [-0.3, -0.25) is 4.79 Å². The van der Waals surface area contributed by atoms with Crippen LogP contribution in [0.3, 0.4) is 0 Å². The van der Waals surface area contributed by atoms with Gasteiger partial charge >= 0.3 is 21.6 Å². The van der Waals surface area contributed by atoms with E-state index in [-0.39, 0.29) is 17.7 Å². The fourth-order valence-electron chi connectivity index (χ4n) is 2.88. The van der Waals surface area contributed by atoms with Gasteiger partial charge in [-0.25, -0.2) is 0 Å². The Labute approximate surface area is 163 Å². The Balaban J connectivity index is 2.05. The predicted molar refractivity (Wildman–Crippen MR) is 93.6 cm³/mol. The molecule has 2 aromatic rings. The third-order valence-corrected chi connectivity index (χ3v) is 5.13. The SMILES string of the molecule is COC(=O)CC1c2cc(OS(=O)(=O)C(F)(F)F)ccc2[N+](=O)N1c1ccccc1. The molecular weight excluding hydrogens is 417 g/mol. The number of fused-ring (bicyclic) bond motifs is 1. The molecule has 1 heterocycles. The van der Waals surface area contributed by atoms with Crippen LogP contribution in [0.1, 0.15) is 18.0 Å². The number of hydrogen-bond acceptors (Lipinski definition) is 6. The summed E-state index contributed by atoms with van der Waals surface area (Å²) in [6.45, 7) is 0. The molecule has 0 saturated carbocycles. The largest absolute Gasteiger partial charge is 0.534 e. The molecule has 1 atom stereocenters. The van der Waals surface area contributed by atoms with E-state index in [1.54, 1.807) is 30.3 Å². The van der Waals surface area contributed by atoms with Crippen molar-refractivity contribution in [2.75, 3.05) is 12.1 Å². The standard InChI is InChI=1S/C17H14F3N2O6S/c1-27-16(23)10-15-13-9-12(28-29(25,26)17(18,19)20)7-8-14(13)22(24)21(15)11-5-3-2-4-6-11/h2-9,15H,10H2,1H3/q+1. The Hall–Kier alpha value is -3.15. The number of carbonyl (C=O) groups excluding carboxylic acids is 1. The monoisotopic (exact) mass is 431 g/mol. The molecule has 3 rings (SSSR count). The first-order valence-electron chi connectivity index (χ1n) is 8.08. The normalized spacial score (nSPS) is 16.5. The van der Waals surface area contributed by atoms with E-state index in [0.717, 1.165) is 25.3 Å². The quantitative estimate of drug-likeness (QED) is 0.310. The van der Waals surface area contributed by atoms with Gasteiger partial charge in [0.25, 0.3) is 5.69 Å². The Morgan fingerprint density at radius 3 is 2.41 bits per heavy atom. The molecular formula is C17H14F3N2O6S+. The van der Waals surface area contributed by atoms with E-state index < -0.39 is 33.4 Å². The summed E-state index contributed by atoms with van der Waals surface area (Å²) in [5.74, 6) is -1.31. The summed E-state index contributed by atoms with van der Waals surface area (Å²) in [6.07, 6.45) is -0.313. The molecule has 1 aliphatic heterocycles. The number of para-hydroxylation sites is 1. The number of nitrogens with zero attached hydrogens (tertiary/aromatic N) is 2. The number of ether oxygens (including phenoxy) is 1. The Bertz CT molecular complexity index is 1060. The summed E-state index contributed by atoms with van der Waals surface area (Å²) in [6, 6.07) is 10.3. The van der Waals surface area contributed by atoms with Crippen LogP contribution in [0.25, 0.3) is 0 Å². The average Bonchev–Trinajstić information content (AvgIpc) is 2.92. The maximum Gasteiger partial charge on any atom is 0.534 e. The first-order chi connectivity index (χ1) is 13.5. The third kappa shape index (κ3) is 3.88. The molecule has 29 heavy (non-hydrogen) atoms. The van der Waals surface area contributed by atoms with Gasteiger partial charge in [0.1, 0.15) is 17.5 Å². The molecule has 0 aliphatic carbocycles. The number of benzene rings is 2. The third-order valence-electron chi connectivity index (χ3n) is 4.15. The molecule has 0 aromatic heterocycles. The molecule has 0 N–H and O–H groups in total. The smallest absolute Gasteiger partial charge is 0.469 e. The Morgan fingerprint density at radius 2 is 1.83 bits per heavy atom. The van der Waals surface area contributed by atoms with Gasteiger partial charge in [-0.1, -0.05) is 23.2 Å². The molecule has 154 valence electrons. The second-order valence-corrected chi connectivity index (χ2v) is 7.49. The molecule has 0 radical (unpaired) electrons. The van der Waals surface area contributed by atoms with Crippen molar-refractivity contribution in [3.05, 3.63) is 59.0 Å². The number of hydrogen-bond donors (Lipinski definition) is 0. The number of esters is 1. The number of anilines is 1. The van der Waals surface area contributed by atoms with Crippen LogP contribution in [0.4, 0.5) is 24.5 Å². The summed E-state index contributed by atoms with van der Waals surface area (Å²) in [5, 5.41) is 1.21. The van der Waals surface area contributed by atoms with Gasteiger partial charge in [0.05, 0.1) is 24.0 Å². The zero-order valence-electron chi connectivity index (χ0n) is 14.8. The van der Waals surface area contributed by atoms with Gasteiger partial charge in [-0.2, -0.15) is 21.6 Å². The average molecular weight is 431 g/mol. The van der Waals surface area contributed by atoms with Gasteiger partial charge in [0.15, 0.2) is 4.87 Å². The predicted octanol–water partition coefficient (Wildman–Crippen LogP) is 3.36. The lowest BCUT2D eigenvalue weighted by Crippen LogP contribution is -2.30. The van der Waals surface area contributed by atoms with Crippen molar-refractivity contribution < 1.29 is 40.2 Å². The molecule has 1 unspecified atom stereocenters. The first kappa shape index (κ1) is 20.6. The second kappa shape index (κ2) is 7.35. The molecule has 8 nitrogen and oxygen atoms in total. The molecule has 2 aromatic carbocycles. The van der Waals surface area contributed by atoms with E-state index >= 15 is 0 Å². The Kier molecular flexibility index (Phi) is 5.22. The van der Waals surface area contributed by atoms with Crippen LogP contribution in [-0.2, 0) is 19.6 Å². The van der Waals surface area contributed by atoms with Gasteiger partial charge in [0, 0.05) is 6.07 Å². The summed E-state index contributed by atoms with van der Waals surface area (Å²) in [7, 11) is -4.74. The fourth-order valence-corrected chi connectivity index (χ4v) is 3.33. The van der Waals surface area contributed by atoms with E-state index in [1.807, 2.05) is 0 Å². The minimum Gasteiger partial charge on any atom is -0.469 e. The highest BCUT2D eigenvalue weighted by Crippen LogP contribution is 2.45. The van der Waals surface area contributed by atoms with E-state index in [1.165, 1.54) is 5.01 Å². The van der Waals surface area contributed by atoms with Gasteiger partial charge < -0.3 is 8.92 Å². The van der Waals surface area contributed by atoms with E-state index in [0.29, 0.717) is 10.6 Å². The van der Waals surface area contributed by atoms with Crippen molar-refractivity contribution in [2.24, 2.45) is 0 Å². The lowest BCUT2D eigenvalue weighted by Gasteiger charge is -2.16. The number of halogens is 3. The van der Waals surface area contributed by atoms with Crippen molar-refractivity contribution >= 4 is 27.5 Å². The van der Waals surface area contributed by atoms with Crippen LogP contribution in [-0.4, -0.2) is 31.9 Å². The van der Waals surface area contributed by atoms with Crippen molar-refractivity contribution in [1.82, 2.24) is 0 Å². The minimum absolute atomic E-state index is 0.0273. The number of methoxy groups -OCH3 is 1. The zero-order chi connectivity index (χ0) is 21.4. The van der Waals surface area contributed by atoms with Crippen molar-refractivity contribution in [2.45, 2.75) is 18.0 Å². The molecule has 0 fully saturated rings. The van der Waals surface area contributed by atoms with Crippen molar-refractivity contribution in [3.63, 3.8) is 0 Å². The lowest BCUT2D eigenvalue weighted by atomic mass is 10.0. The number of hydrazine groups is 1. The van der Waals surface area contributed by atoms with E-state index in [4.69, 9.17) is 0 Å². The first-order valence-corrected chi connectivity index (χ1v) is 9.49. The maximum absolute atomic E-state index is 12.8. The van der Waals surface area contributed by atoms with Crippen LogP contribution in [0, 0.1) is 4.91 Å². The number of alkyl halides is 3.